The van der Waals surface area contributed by atoms with Crippen LogP contribution in [0.3, 0.4) is 0 Å². The van der Waals surface area contributed by atoms with Crippen molar-refractivity contribution < 1.29 is 15.3 Å². The zero-order valence-electron chi connectivity index (χ0n) is 16.9. The molecule has 3 aromatic carbocycles. The first kappa shape index (κ1) is 20.5. The Balaban J connectivity index is 1.95. The molecule has 3 rings (SSSR count). The topological polar surface area (TPSA) is 60.7 Å². The van der Waals surface area contributed by atoms with Crippen molar-refractivity contribution in [1.82, 2.24) is 0 Å². The van der Waals surface area contributed by atoms with Crippen LogP contribution >= 0.6 is 0 Å². The van der Waals surface area contributed by atoms with Gasteiger partial charge in [0.15, 0.2) is 0 Å². The van der Waals surface area contributed by atoms with Crippen LogP contribution in [-0.2, 0) is 0 Å². The lowest BCUT2D eigenvalue weighted by molar-refractivity contribution is 0.474. The number of allylic oxidation sites excluding steroid dienone is 2. The van der Waals surface area contributed by atoms with Gasteiger partial charge < -0.3 is 15.3 Å². The molecule has 0 bridgehead atoms. The van der Waals surface area contributed by atoms with Crippen LogP contribution in [0, 0.1) is 0 Å². The minimum atomic E-state index is 0.228. The van der Waals surface area contributed by atoms with Crippen molar-refractivity contribution in [3.05, 3.63) is 95.6 Å². The molecule has 0 aliphatic heterocycles. The average molecular weight is 389 g/mol. The van der Waals surface area contributed by atoms with Gasteiger partial charge in [0.2, 0.25) is 0 Å². The summed E-state index contributed by atoms with van der Waals surface area (Å²) < 4.78 is 0. The third-order valence-corrected chi connectivity index (χ3v) is 5.39. The Bertz CT molecular complexity index is 939. The van der Waals surface area contributed by atoms with Crippen LogP contribution in [0.4, 0.5) is 0 Å². The van der Waals surface area contributed by atoms with Crippen LogP contribution in [0.1, 0.15) is 55.2 Å². The van der Waals surface area contributed by atoms with E-state index in [-0.39, 0.29) is 29.1 Å². The maximum Gasteiger partial charge on any atom is 0.115 e. The summed E-state index contributed by atoms with van der Waals surface area (Å²) in [7, 11) is 0. The molecule has 150 valence electrons. The van der Waals surface area contributed by atoms with Gasteiger partial charge in [-0.3, -0.25) is 0 Å². The Labute approximate surface area is 172 Å². The number of aromatic hydroxyl groups is 3. The van der Waals surface area contributed by atoms with Crippen LogP contribution in [-0.4, -0.2) is 15.3 Å². The second-order valence-corrected chi connectivity index (χ2v) is 7.54. The Hall–Kier alpha value is -3.20. The standard InChI is InChI=1S/C26H28O3/c1-3-19(21-6-12-25(28)13-7-21)17-23(22-8-14-26(29)15-9-22)16-18(2)20-4-10-24(27)11-5-20/h4-15,17-19,27-29H,3,16H2,1-2H3. The number of hydrogen-bond donors (Lipinski definition) is 3. The SMILES string of the molecule is CCC(C=C(CC(C)c1ccc(O)cc1)c1ccc(O)cc1)c1ccc(O)cc1. The molecule has 0 heterocycles. The molecule has 0 radical (unpaired) electrons. The van der Waals surface area contributed by atoms with Crippen LogP contribution in [0.5, 0.6) is 17.2 Å². The fourth-order valence-electron chi connectivity index (χ4n) is 3.62. The van der Waals surface area contributed by atoms with Gasteiger partial charge >= 0.3 is 0 Å². The summed E-state index contributed by atoms with van der Waals surface area (Å²) in [6.07, 6.45) is 4.08. The zero-order valence-corrected chi connectivity index (χ0v) is 16.9. The number of benzene rings is 3. The monoisotopic (exact) mass is 388 g/mol. The highest BCUT2D eigenvalue weighted by Gasteiger charge is 2.14. The van der Waals surface area contributed by atoms with Gasteiger partial charge in [0.1, 0.15) is 17.2 Å². The van der Waals surface area contributed by atoms with Crippen LogP contribution < -0.4 is 0 Å². The van der Waals surface area contributed by atoms with E-state index in [1.165, 1.54) is 16.7 Å². The summed E-state index contributed by atoms with van der Waals surface area (Å²) >= 11 is 0. The molecule has 0 amide bonds. The largest absolute Gasteiger partial charge is 0.508 e. The molecule has 29 heavy (non-hydrogen) atoms. The molecule has 0 aliphatic carbocycles. The van der Waals surface area contributed by atoms with Crippen molar-refractivity contribution >= 4 is 5.57 Å². The predicted molar refractivity (Wildman–Crippen MR) is 118 cm³/mol. The van der Waals surface area contributed by atoms with Crippen LogP contribution in [0.25, 0.3) is 5.57 Å². The summed E-state index contributed by atoms with van der Waals surface area (Å²) in [5.74, 6) is 1.30. The Kier molecular flexibility index (Phi) is 6.61. The first-order chi connectivity index (χ1) is 14.0. The van der Waals surface area contributed by atoms with E-state index in [9.17, 15) is 15.3 Å². The first-order valence-electron chi connectivity index (χ1n) is 10.0. The lowest BCUT2D eigenvalue weighted by Gasteiger charge is -2.19. The minimum Gasteiger partial charge on any atom is -0.508 e. The molecule has 2 unspecified atom stereocenters. The first-order valence-corrected chi connectivity index (χ1v) is 10.0. The maximum atomic E-state index is 9.69. The quantitative estimate of drug-likeness (QED) is 0.429. The summed E-state index contributed by atoms with van der Waals surface area (Å²) in [4.78, 5) is 0. The summed E-state index contributed by atoms with van der Waals surface area (Å²) in [6.45, 7) is 4.34. The predicted octanol–water partition coefficient (Wildman–Crippen LogP) is 6.57. The van der Waals surface area contributed by atoms with E-state index in [2.05, 4.69) is 19.9 Å². The normalized spacial score (nSPS) is 13.8. The summed E-state index contributed by atoms with van der Waals surface area (Å²) in [5.41, 5.74) is 4.64. The number of rotatable bonds is 7. The van der Waals surface area contributed by atoms with E-state index in [1.54, 1.807) is 36.4 Å². The van der Waals surface area contributed by atoms with Gasteiger partial charge in [-0.25, -0.2) is 0 Å². The van der Waals surface area contributed by atoms with Gasteiger partial charge in [-0.2, -0.15) is 0 Å². The van der Waals surface area contributed by atoms with E-state index in [4.69, 9.17) is 0 Å². The van der Waals surface area contributed by atoms with Gasteiger partial charge in [0, 0.05) is 5.92 Å². The highest BCUT2D eigenvalue weighted by atomic mass is 16.3. The Morgan fingerprint density at radius 1 is 0.724 bits per heavy atom. The van der Waals surface area contributed by atoms with E-state index < -0.39 is 0 Å². The second-order valence-electron chi connectivity index (χ2n) is 7.54. The van der Waals surface area contributed by atoms with Crippen molar-refractivity contribution in [2.75, 3.05) is 0 Å². The third-order valence-electron chi connectivity index (χ3n) is 5.39. The molecule has 3 N–H and O–H groups in total. The van der Waals surface area contributed by atoms with Crippen molar-refractivity contribution in [1.29, 1.82) is 0 Å². The zero-order chi connectivity index (χ0) is 20.8. The molecule has 2 atom stereocenters. The van der Waals surface area contributed by atoms with Crippen molar-refractivity contribution in [2.45, 2.75) is 38.5 Å². The van der Waals surface area contributed by atoms with Crippen LogP contribution in [0.2, 0.25) is 0 Å². The van der Waals surface area contributed by atoms with Crippen LogP contribution in [0.15, 0.2) is 78.9 Å². The summed E-state index contributed by atoms with van der Waals surface area (Å²) in [6, 6.07) is 22.1. The number of phenolic OH excluding ortho intramolecular Hbond substituents is 3. The van der Waals surface area contributed by atoms with E-state index in [0.717, 1.165) is 18.4 Å². The van der Waals surface area contributed by atoms with E-state index in [0.29, 0.717) is 0 Å². The van der Waals surface area contributed by atoms with Crippen molar-refractivity contribution in [2.24, 2.45) is 0 Å². The smallest absolute Gasteiger partial charge is 0.115 e. The number of hydrogen-bond acceptors (Lipinski definition) is 3. The fourth-order valence-corrected chi connectivity index (χ4v) is 3.62. The Morgan fingerprint density at radius 2 is 1.17 bits per heavy atom. The lowest BCUT2D eigenvalue weighted by atomic mass is 9.86. The van der Waals surface area contributed by atoms with Gasteiger partial charge in [-0.05, 0) is 77.4 Å². The van der Waals surface area contributed by atoms with Crippen molar-refractivity contribution in [3.63, 3.8) is 0 Å². The lowest BCUT2D eigenvalue weighted by Crippen LogP contribution is -2.00. The molecule has 3 nitrogen and oxygen atoms in total. The van der Waals surface area contributed by atoms with E-state index in [1.807, 2.05) is 36.4 Å². The average Bonchev–Trinajstić information content (AvgIpc) is 2.73. The highest BCUT2D eigenvalue weighted by Crippen LogP contribution is 2.34. The van der Waals surface area contributed by atoms with Gasteiger partial charge in [-0.15, -0.1) is 0 Å². The molecule has 0 spiro atoms. The molecule has 3 heteroatoms. The molecule has 0 aromatic heterocycles. The molecule has 3 aromatic rings. The molecular formula is C26H28O3. The molecular weight excluding hydrogens is 360 g/mol. The maximum absolute atomic E-state index is 9.69. The molecule has 0 fully saturated rings. The molecule has 0 saturated heterocycles. The molecule has 0 saturated carbocycles. The summed E-state index contributed by atoms with van der Waals surface area (Å²) in [5, 5.41) is 28.9. The van der Waals surface area contributed by atoms with Gasteiger partial charge in [-0.1, -0.05) is 56.3 Å². The fraction of sp³-hybridized carbons (Fsp3) is 0.231. The molecule has 0 aliphatic rings. The third kappa shape index (κ3) is 5.41. The number of phenols is 3. The van der Waals surface area contributed by atoms with Crippen molar-refractivity contribution in [3.8, 4) is 17.2 Å². The van der Waals surface area contributed by atoms with Gasteiger partial charge in [0.25, 0.3) is 0 Å². The second kappa shape index (κ2) is 9.33. The minimum absolute atomic E-state index is 0.228. The Morgan fingerprint density at radius 3 is 1.66 bits per heavy atom. The van der Waals surface area contributed by atoms with Gasteiger partial charge in [0.05, 0.1) is 0 Å². The highest BCUT2D eigenvalue weighted by molar-refractivity contribution is 5.68. The van der Waals surface area contributed by atoms with E-state index >= 15 is 0 Å².